The molecule has 6 nitrogen and oxygen atoms in total. The molecule has 1 amide bonds. The predicted molar refractivity (Wildman–Crippen MR) is 105 cm³/mol. The second-order valence-corrected chi connectivity index (χ2v) is 7.25. The number of benzene rings is 1. The summed E-state index contributed by atoms with van der Waals surface area (Å²) in [5.41, 5.74) is 2.06. The number of carbonyl (C=O) groups is 1. The molecule has 0 unspecified atom stereocenters. The van der Waals surface area contributed by atoms with E-state index in [4.69, 9.17) is 4.74 Å². The third-order valence-electron chi connectivity index (χ3n) is 4.57. The molecule has 1 heterocycles. The SMILES string of the molecule is CCNC(=NCc1ccc(CN2CCCC2=O)cc1)NCC(C)(C)OC. The van der Waals surface area contributed by atoms with Crippen molar-refractivity contribution in [2.24, 2.45) is 4.99 Å². The van der Waals surface area contributed by atoms with Crippen LogP contribution in [0.3, 0.4) is 0 Å². The lowest BCUT2D eigenvalue weighted by Crippen LogP contribution is -2.45. The van der Waals surface area contributed by atoms with Crippen molar-refractivity contribution in [3.63, 3.8) is 0 Å². The Morgan fingerprint density at radius 3 is 2.50 bits per heavy atom. The van der Waals surface area contributed by atoms with E-state index in [9.17, 15) is 4.79 Å². The number of aliphatic imine (C=N–C) groups is 1. The van der Waals surface area contributed by atoms with Crippen LogP contribution in [0.4, 0.5) is 0 Å². The first-order chi connectivity index (χ1) is 12.4. The zero-order valence-electron chi connectivity index (χ0n) is 16.5. The second-order valence-electron chi connectivity index (χ2n) is 7.25. The lowest BCUT2D eigenvalue weighted by molar-refractivity contribution is -0.128. The van der Waals surface area contributed by atoms with Gasteiger partial charge >= 0.3 is 0 Å². The number of amides is 1. The number of carbonyl (C=O) groups excluding carboxylic acids is 1. The van der Waals surface area contributed by atoms with Gasteiger partial charge in [-0.15, -0.1) is 0 Å². The maximum absolute atomic E-state index is 11.7. The molecule has 0 aliphatic carbocycles. The highest BCUT2D eigenvalue weighted by molar-refractivity contribution is 5.79. The molecule has 1 fully saturated rings. The van der Waals surface area contributed by atoms with E-state index in [0.29, 0.717) is 26.1 Å². The number of nitrogens with one attached hydrogen (secondary N) is 2. The van der Waals surface area contributed by atoms with Crippen LogP contribution in [-0.2, 0) is 22.6 Å². The molecule has 144 valence electrons. The van der Waals surface area contributed by atoms with E-state index in [2.05, 4.69) is 39.9 Å². The molecule has 2 rings (SSSR count). The smallest absolute Gasteiger partial charge is 0.222 e. The molecule has 0 saturated carbocycles. The Morgan fingerprint density at radius 2 is 1.92 bits per heavy atom. The number of guanidine groups is 1. The van der Waals surface area contributed by atoms with Crippen molar-refractivity contribution in [1.29, 1.82) is 0 Å². The Morgan fingerprint density at radius 1 is 1.23 bits per heavy atom. The van der Waals surface area contributed by atoms with Gasteiger partial charge in [-0.1, -0.05) is 24.3 Å². The molecular weight excluding hydrogens is 328 g/mol. The quantitative estimate of drug-likeness (QED) is 0.551. The fourth-order valence-corrected chi connectivity index (χ4v) is 2.72. The second kappa shape index (κ2) is 9.57. The number of hydrogen-bond donors (Lipinski definition) is 2. The van der Waals surface area contributed by atoms with Crippen molar-refractivity contribution in [2.45, 2.75) is 52.3 Å². The molecule has 0 radical (unpaired) electrons. The molecule has 0 aromatic heterocycles. The highest BCUT2D eigenvalue weighted by Crippen LogP contribution is 2.15. The van der Waals surface area contributed by atoms with Crippen molar-refractivity contribution in [1.82, 2.24) is 15.5 Å². The third-order valence-corrected chi connectivity index (χ3v) is 4.57. The molecule has 0 bridgehead atoms. The van der Waals surface area contributed by atoms with Crippen LogP contribution in [0.2, 0.25) is 0 Å². The van der Waals surface area contributed by atoms with Crippen LogP contribution >= 0.6 is 0 Å². The molecule has 1 aromatic carbocycles. The van der Waals surface area contributed by atoms with Crippen molar-refractivity contribution in [2.75, 3.05) is 26.7 Å². The molecule has 2 N–H and O–H groups in total. The van der Waals surface area contributed by atoms with Gasteiger partial charge in [0, 0.05) is 39.7 Å². The predicted octanol–water partition coefficient (Wildman–Crippen LogP) is 2.29. The highest BCUT2D eigenvalue weighted by Gasteiger charge is 2.19. The van der Waals surface area contributed by atoms with E-state index in [1.165, 1.54) is 5.56 Å². The van der Waals surface area contributed by atoms with E-state index in [-0.39, 0.29) is 11.5 Å². The highest BCUT2D eigenvalue weighted by atomic mass is 16.5. The Hall–Kier alpha value is -2.08. The van der Waals surface area contributed by atoms with E-state index in [0.717, 1.165) is 31.0 Å². The largest absolute Gasteiger partial charge is 0.377 e. The van der Waals surface area contributed by atoms with Crippen LogP contribution in [-0.4, -0.2) is 49.1 Å². The van der Waals surface area contributed by atoms with Crippen LogP contribution < -0.4 is 10.6 Å². The molecule has 1 aromatic rings. The van der Waals surface area contributed by atoms with Crippen molar-refractivity contribution < 1.29 is 9.53 Å². The van der Waals surface area contributed by atoms with Crippen LogP contribution in [0.15, 0.2) is 29.3 Å². The minimum absolute atomic E-state index is 0.245. The minimum atomic E-state index is -0.245. The Kier molecular flexibility index (Phi) is 7.45. The Labute approximate surface area is 157 Å². The normalized spacial score (nSPS) is 15.5. The zero-order chi connectivity index (χ0) is 19.0. The molecule has 0 spiro atoms. The van der Waals surface area contributed by atoms with Crippen molar-refractivity contribution in [3.05, 3.63) is 35.4 Å². The van der Waals surface area contributed by atoms with Crippen LogP contribution in [0.1, 0.15) is 44.7 Å². The fraction of sp³-hybridized carbons (Fsp3) is 0.600. The summed E-state index contributed by atoms with van der Waals surface area (Å²) in [6, 6.07) is 8.35. The summed E-state index contributed by atoms with van der Waals surface area (Å²) in [6.45, 7) is 9.79. The van der Waals surface area contributed by atoms with Gasteiger partial charge in [0.1, 0.15) is 0 Å². The monoisotopic (exact) mass is 360 g/mol. The average Bonchev–Trinajstić information content (AvgIpc) is 3.03. The fourth-order valence-electron chi connectivity index (χ4n) is 2.72. The number of nitrogens with zero attached hydrogens (tertiary/aromatic N) is 2. The maximum atomic E-state index is 11.7. The summed E-state index contributed by atoms with van der Waals surface area (Å²) in [5, 5.41) is 6.57. The molecular formula is C20H32N4O2. The third kappa shape index (κ3) is 6.33. The van der Waals surface area contributed by atoms with Gasteiger partial charge in [-0.2, -0.15) is 0 Å². The summed E-state index contributed by atoms with van der Waals surface area (Å²) in [4.78, 5) is 18.3. The summed E-state index contributed by atoms with van der Waals surface area (Å²) in [5.74, 6) is 1.04. The molecule has 1 saturated heterocycles. The van der Waals surface area contributed by atoms with Gasteiger partial charge < -0.3 is 20.3 Å². The maximum Gasteiger partial charge on any atom is 0.222 e. The number of likely N-dealkylation sites (tertiary alicyclic amines) is 1. The Balaban J connectivity index is 1.90. The van der Waals surface area contributed by atoms with Gasteiger partial charge in [0.05, 0.1) is 12.1 Å². The van der Waals surface area contributed by atoms with E-state index in [1.54, 1.807) is 7.11 Å². The molecule has 26 heavy (non-hydrogen) atoms. The van der Waals surface area contributed by atoms with Crippen LogP contribution in [0.25, 0.3) is 0 Å². The van der Waals surface area contributed by atoms with Crippen LogP contribution in [0, 0.1) is 0 Å². The molecule has 1 aliphatic rings. The Bertz CT molecular complexity index is 611. The standard InChI is InChI=1S/C20H32N4O2/c1-5-21-19(23-15-20(2,3)26-4)22-13-16-8-10-17(11-9-16)14-24-12-6-7-18(24)25/h8-11H,5-7,12-15H2,1-4H3,(H2,21,22,23). The summed E-state index contributed by atoms with van der Waals surface area (Å²) < 4.78 is 5.43. The first-order valence-electron chi connectivity index (χ1n) is 9.36. The number of ether oxygens (including phenoxy) is 1. The van der Waals surface area contributed by atoms with Gasteiger partial charge in [-0.3, -0.25) is 4.79 Å². The first kappa shape index (κ1) is 20.2. The lowest BCUT2D eigenvalue weighted by atomic mass is 10.1. The average molecular weight is 361 g/mol. The van der Waals surface area contributed by atoms with Gasteiger partial charge in [-0.05, 0) is 38.3 Å². The van der Waals surface area contributed by atoms with E-state index < -0.39 is 0 Å². The summed E-state index contributed by atoms with van der Waals surface area (Å²) in [7, 11) is 1.71. The first-order valence-corrected chi connectivity index (χ1v) is 9.36. The summed E-state index contributed by atoms with van der Waals surface area (Å²) >= 11 is 0. The van der Waals surface area contributed by atoms with Gasteiger partial charge in [0.15, 0.2) is 5.96 Å². The number of rotatable bonds is 8. The van der Waals surface area contributed by atoms with Gasteiger partial charge in [0.25, 0.3) is 0 Å². The lowest BCUT2D eigenvalue weighted by Gasteiger charge is -2.24. The van der Waals surface area contributed by atoms with Crippen molar-refractivity contribution in [3.8, 4) is 0 Å². The van der Waals surface area contributed by atoms with E-state index in [1.807, 2.05) is 25.7 Å². The van der Waals surface area contributed by atoms with Gasteiger partial charge in [-0.25, -0.2) is 4.99 Å². The zero-order valence-corrected chi connectivity index (χ0v) is 16.5. The van der Waals surface area contributed by atoms with Gasteiger partial charge in [0.2, 0.25) is 5.91 Å². The van der Waals surface area contributed by atoms with Crippen LogP contribution in [0.5, 0.6) is 0 Å². The molecule has 0 atom stereocenters. The number of hydrogen-bond acceptors (Lipinski definition) is 3. The molecule has 1 aliphatic heterocycles. The number of methoxy groups -OCH3 is 1. The summed E-state index contributed by atoms with van der Waals surface area (Å²) in [6.07, 6.45) is 1.67. The molecule has 6 heteroatoms. The minimum Gasteiger partial charge on any atom is -0.377 e. The topological polar surface area (TPSA) is 66.0 Å². The van der Waals surface area contributed by atoms with Crippen molar-refractivity contribution >= 4 is 11.9 Å². The van der Waals surface area contributed by atoms with E-state index >= 15 is 0 Å².